The van der Waals surface area contributed by atoms with E-state index in [0.29, 0.717) is 35.0 Å². The molecule has 1 aliphatic rings. The maximum Gasteiger partial charge on any atom is 0.160 e. The maximum absolute atomic E-state index is 10.1. The number of nitrogens with one attached hydrogen (secondary N) is 2. The van der Waals surface area contributed by atoms with Gasteiger partial charge < -0.3 is 10.4 Å². The van der Waals surface area contributed by atoms with Crippen LogP contribution in [0.5, 0.6) is 5.75 Å². The van der Waals surface area contributed by atoms with Crippen molar-refractivity contribution in [2.75, 3.05) is 5.32 Å². The minimum absolute atomic E-state index is 0.0989. The fourth-order valence-corrected chi connectivity index (χ4v) is 3.46. The molecule has 3 heterocycles. The van der Waals surface area contributed by atoms with Crippen LogP contribution in [-0.2, 0) is 13.5 Å². The van der Waals surface area contributed by atoms with Crippen LogP contribution in [0, 0.1) is 30.6 Å². The van der Waals surface area contributed by atoms with Gasteiger partial charge in [-0.15, -0.1) is 0 Å². The van der Waals surface area contributed by atoms with Crippen molar-refractivity contribution in [3.8, 4) is 23.1 Å². The van der Waals surface area contributed by atoms with Crippen LogP contribution in [0.1, 0.15) is 22.5 Å². The van der Waals surface area contributed by atoms with Crippen molar-refractivity contribution in [2.45, 2.75) is 20.3 Å². The van der Waals surface area contributed by atoms with E-state index < -0.39 is 0 Å². The molecule has 0 radical (unpaired) electrons. The first-order chi connectivity index (χ1) is 14.4. The molecule has 3 aromatic rings. The molecule has 0 fully saturated rings. The van der Waals surface area contributed by atoms with Crippen molar-refractivity contribution < 1.29 is 5.11 Å². The van der Waals surface area contributed by atoms with Gasteiger partial charge in [0.05, 0.1) is 23.0 Å². The molecule has 0 unspecified atom stereocenters. The lowest BCUT2D eigenvalue weighted by molar-refractivity contribution is 0.466. The van der Waals surface area contributed by atoms with Gasteiger partial charge in [0.25, 0.3) is 0 Å². The Morgan fingerprint density at radius 2 is 1.93 bits per heavy atom. The van der Waals surface area contributed by atoms with E-state index in [4.69, 9.17) is 10.7 Å². The van der Waals surface area contributed by atoms with Gasteiger partial charge >= 0.3 is 0 Å². The highest BCUT2D eigenvalue weighted by Crippen LogP contribution is 2.30. The van der Waals surface area contributed by atoms with Gasteiger partial charge in [-0.1, -0.05) is 12.1 Å². The molecular formula is C21H20N8O. The van der Waals surface area contributed by atoms with Crippen LogP contribution < -0.4 is 5.32 Å². The zero-order valence-corrected chi connectivity index (χ0v) is 16.8. The molecular weight excluding hydrogens is 380 g/mol. The minimum atomic E-state index is 0.0989. The first-order valence-electron chi connectivity index (χ1n) is 9.30. The number of amidine groups is 1. The number of rotatable bonds is 2. The van der Waals surface area contributed by atoms with Gasteiger partial charge in [-0.25, -0.2) is 9.67 Å². The summed E-state index contributed by atoms with van der Waals surface area (Å²) in [6.07, 6.45) is 3.76. The van der Waals surface area contributed by atoms with Crippen LogP contribution in [0.15, 0.2) is 35.3 Å². The highest BCUT2D eigenvalue weighted by Gasteiger charge is 2.20. The van der Waals surface area contributed by atoms with Crippen LogP contribution in [0.25, 0.3) is 17.1 Å². The molecule has 0 atom stereocenters. The largest absolute Gasteiger partial charge is 0.504 e. The Morgan fingerprint density at radius 1 is 1.20 bits per heavy atom. The van der Waals surface area contributed by atoms with Gasteiger partial charge in [0.2, 0.25) is 0 Å². The van der Waals surface area contributed by atoms with E-state index in [-0.39, 0.29) is 11.6 Å². The van der Waals surface area contributed by atoms with Gasteiger partial charge in [-0.2, -0.15) is 15.5 Å². The number of hydrogen-bond acceptors (Lipinski definition) is 6. The smallest absolute Gasteiger partial charge is 0.160 e. The van der Waals surface area contributed by atoms with E-state index in [9.17, 15) is 5.11 Å². The Bertz CT molecular complexity index is 1250. The molecule has 1 aliphatic heterocycles. The number of benzene rings is 1. The predicted octanol–water partition coefficient (Wildman–Crippen LogP) is 2.99. The lowest BCUT2D eigenvalue weighted by Gasteiger charge is -2.06. The molecule has 9 nitrogen and oxygen atoms in total. The molecule has 4 rings (SSSR count). The van der Waals surface area contributed by atoms with Crippen molar-refractivity contribution in [1.82, 2.24) is 19.6 Å². The third kappa shape index (κ3) is 3.24. The van der Waals surface area contributed by atoms with Crippen LogP contribution in [-0.4, -0.2) is 36.7 Å². The molecule has 1 aromatic carbocycles. The van der Waals surface area contributed by atoms with Gasteiger partial charge in [-0.3, -0.25) is 10.1 Å². The predicted molar refractivity (Wildman–Crippen MR) is 115 cm³/mol. The van der Waals surface area contributed by atoms with Crippen molar-refractivity contribution >= 4 is 23.7 Å². The summed E-state index contributed by atoms with van der Waals surface area (Å²) in [6.45, 7) is 3.46. The molecule has 3 N–H and O–H groups in total. The molecule has 0 aliphatic carbocycles. The highest BCUT2D eigenvalue weighted by molar-refractivity contribution is 6.05. The molecule has 0 spiro atoms. The summed E-state index contributed by atoms with van der Waals surface area (Å²) in [4.78, 5) is 4.51. The van der Waals surface area contributed by atoms with Crippen LogP contribution in [0.2, 0.25) is 0 Å². The maximum atomic E-state index is 10.1. The van der Waals surface area contributed by atoms with Crippen LogP contribution in [0.3, 0.4) is 0 Å². The Morgan fingerprint density at radius 3 is 2.57 bits per heavy atom. The number of aromatic nitrogens is 4. The van der Waals surface area contributed by atoms with Crippen molar-refractivity contribution in [2.24, 2.45) is 12.0 Å². The summed E-state index contributed by atoms with van der Waals surface area (Å²) >= 11 is 0. The molecule has 0 saturated carbocycles. The average Bonchev–Trinajstić information content (AvgIpc) is 3.19. The zero-order chi connectivity index (χ0) is 21.4. The molecule has 0 bridgehead atoms. The van der Waals surface area contributed by atoms with E-state index in [0.717, 1.165) is 16.8 Å². The normalized spacial score (nSPS) is 16.3. The summed E-state index contributed by atoms with van der Waals surface area (Å²) in [7, 11) is 1.84. The Kier molecular flexibility index (Phi) is 4.68. The number of hydrogen-bond donors (Lipinski definition) is 3. The topological polar surface area (TPSA) is 128 Å². The number of nitrogens with zero attached hydrogens (tertiary/aromatic N) is 6. The molecule has 0 amide bonds. The second-order valence-corrected chi connectivity index (χ2v) is 6.98. The second-order valence-electron chi connectivity index (χ2n) is 6.98. The monoisotopic (exact) mass is 400 g/mol. The van der Waals surface area contributed by atoms with Crippen molar-refractivity contribution in [1.29, 1.82) is 10.7 Å². The van der Waals surface area contributed by atoms with E-state index in [1.807, 2.05) is 19.2 Å². The molecule has 150 valence electrons. The standard InChI is InChI=1S/C21H20N8O/c1-12-20(30)13(2)29(26-12)18-10-17(23)25-21-16(8-9-24-18)19(28(3)27-21)15-6-4-14(11-22)5-7-15/h4-7,9-10,30H,8H2,1-3H3,(H2,23,25,27)/b18-10+,24-9-. The third-order valence-electron chi connectivity index (χ3n) is 4.95. The molecule has 30 heavy (non-hydrogen) atoms. The number of fused-ring (bicyclic) bond motifs is 1. The van der Waals surface area contributed by atoms with E-state index in [1.165, 1.54) is 4.68 Å². The summed E-state index contributed by atoms with van der Waals surface area (Å²) in [6, 6.07) is 9.42. The first kappa shape index (κ1) is 19.1. The third-order valence-corrected chi connectivity index (χ3v) is 4.95. The number of aliphatic imine (C=N–C) groups is 1. The molecule has 0 saturated heterocycles. The van der Waals surface area contributed by atoms with E-state index in [1.54, 1.807) is 43.0 Å². The summed E-state index contributed by atoms with van der Waals surface area (Å²) in [5.74, 6) is 1.20. The number of nitriles is 1. The minimum Gasteiger partial charge on any atom is -0.504 e. The van der Waals surface area contributed by atoms with Gasteiger partial charge in [0, 0.05) is 36.9 Å². The lowest BCUT2D eigenvalue weighted by atomic mass is 10.0. The number of anilines is 1. The Labute approximate surface area is 173 Å². The van der Waals surface area contributed by atoms with Crippen molar-refractivity contribution in [3.63, 3.8) is 0 Å². The first-order valence-corrected chi connectivity index (χ1v) is 9.30. The second kappa shape index (κ2) is 7.33. The van der Waals surface area contributed by atoms with Gasteiger partial charge in [0.1, 0.15) is 11.5 Å². The van der Waals surface area contributed by atoms with Crippen molar-refractivity contribution in [3.05, 3.63) is 52.9 Å². The summed E-state index contributed by atoms with van der Waals surface area (Å²) < 4.78 is 3.27. The average molecular weight is 400 g/mol. The quantitative estimate of drug-likeness (QED) is 0.609. The van der Waals surface area contributed by atoms with E-state index >= 15 is 0 Å². The summed E-state index contributed by atoms with van der Waals surface area (Å²) in [5.41, 5.74) is 4.33. The van der Waals surface area contributed by atoms with Crippen LogP contribution in [0.4, 0.5) is 5.82 Å². The molecule has 2 aromatic heterocycles. The fraction of sp³-hybridized carbons (Fsp3) is 0.190. The van der Waals surface area contributed by atoms with Crippen LogP contribution >= 0.6 is 0 Å². The Balaban J connectivity index is 1.76. The molecule has 9 heteroatoms. The highest BCUT2D eigenvalue weighted by atomic mass is 16.3. The number of aryl methyl sites for hydroxylation is 2. The zero-order valence-electron chi connectivity index (χ0n) is 16.8. The SMILES string of the molecule is Cc1nn(C2=C/C(=N)Nc3nn(C)c(-c4ccc(C#N)cc4)c3C/C=N\2)c(C)c1O. The lowest BCUT2D eigenvalue weighted by Crippen LogP contribution is -2.11. The van der Waals surface area contributed by atoms with Gasteiger partial charge in [-0.05, 0) is 26.0 Å². The fourth-order valence-electron chi connectivity index (χ4n) is 3.46. The van der Waals surface area contributed by atoms with E-state index in [2.05, 4.69) is 26.6 Å². The summed E-state index contributed by atoms with van der Waals surface area (Å²) in [5, 5.41) is 39.4. The van der Waals surface area contributed by atoms with Gasteiger partial charge in [0.15, 0.2) is 17.4 Å². The Hall–Kier alpha value is -4.19. The number of aromatic hydroxyl groups is 1.